The van der Waals surface area contributed by atoms with Crippen molar-refractivity contribution in [2.75, 3.05) is 26.4 Å². The molecule has 5 nitrogen and oxygen atoms in total. The molecule has 0 aromatic heterocycles. The number of hydrogen-bond donors (Lipinski definition) is 3. The summed E-state index contributed by atoms with van der Waals surface area (Å²) in [5.74, 6) is 0.215. The quantitative estimate of drug-likeness (QED) is 0.670. The maximum atomic E-state index is 11.9. The first kappa shape index (κ1) is 15.3. The average molecular weight is 282 g/mol. The van der Waals surface area contributed by atoms with E-state index < -0.39 is 0 Å². The minimum Gasteiger partial charge on any atom is -0.396 e. The van der Waals surface area contributed by atoms with Gasteiger partial charge in [-0.1, -0.05) is 24.5 Å². The molecule has 1 aliphatic heterocycles. The van der Waals surface area contributed by atoms with Gasteiger partial charge >= 0.3 is 6.03 Å². The van der Waals surface area contributed by atoms with Crippen molar-refractivity contribution >= 4 is 6.03 Å². The molecule has 2 rings (SSSR count). The SMILES string of the molecule is O=C(NCCC1=CCOCC1)NC1CCCCC1CO. The number of hydrogen-bond acceptors (Lipinski definition) is 3. The molecule has 114 valence electrons. The van der Waals surface area contributed by atoms with Crippen LogP contribution in [0.3, 0.4) is 0 Å². The minimum absolute atomic E-state index is 0.108. The first-order chi connectivity index (χ1) is 9.79. The summed E-state index contributed by atoms with van der Waals surface area (Å²) in [7, 11) is 0. The molecule has 1 fully saturated rings. The largest absolute Gasteiger partial charge is 0.396 e. The topological polar surface area (TPSA) is 70.6 Å². The highest BCUT2D eigenvalue weighted by atomic mass is 16.5. The smallest absolute Gasteiger partial charge is 0.315 e. The Labute approximate surface area is 120 Å². The van der Waals surface area contributed by atoms with E-state index in [1.165, 1.54) is 5.57 Å². The molecule has 0 bridgehead atoms. The first-order valence-electron chi connectivity index (χ1n) is 7.70. The second-order valence-corrected chi connectivity index (χ2v) is 5.67. The Bertz CT molecular complexity index is 344. The Morgan fingerprint density at radius 2 is 2.25 bits per heavy atom. The van der Waals surface area contributed by atoms with Gasteiger partial charge in [0.15, 0.2) is 0 Å². The van der Waals surface area contributed by atoms with Gasteiger partial charge < -0.3 is 20.5 Å². The predicted molar refractivity (Wildman–Crippen MR) is 77.5 cm³/mol. The molecule has 2 unspecified atom stereocenters. The van der Waals surface area contributed by atoms with Crippen LogP contribution in [0.15, 0.2) is 11.6 Å². The minimum atomic E-state index is -0.108. The Balaban J connectivity index is 1.65. The fraction of sp³-hybridized carbons (Fsp3) is 0.800. The number of ether oxygens (including phenoxy) is 1. The van der Waals surface area contributed by atoms with E-state index in [2.05, 4.69) is 16.7 Å². The van der Waals surface area contributed by atoms with Crippen molar-refractivity contribution < 1.29 is 14.6 Å². The second-order valence-electron chi connectivity index (χ2n) is 5.67. The van der Waals surface area contributed by atoms with Crippen molar-refractivity contribution in [3.8, 4) is 0 Å². The van der Waals surface area contributed by atoms with Crippen molar-refractivity contribution in [2.24, 2.45) is 5.92 Å². The van der Waals surface area contributed by atoms with E-state index in [4.69, 9.17) is 4.74 Å². The molecule has 5 heteroatoms. The zero-order valence-corrected chi connectivity index (χ0v) is 12.1. The highest BCUT2D eigenvalue weighted by molar-refractivity contribution is 5.74. The lowest BCUT2D eigenvalue weighted by atomic mass is 9.85. The molecule has 1 aliphatic carbocycles. The average Bonchev–Trinajstić information content (AvgIpc) is 2.49. The maximum Gasteiger partial charge on any atom is 0.315 e. The van der Waals surface area contributed by atoms with E-state index in [0.29, 0.717) is 13.2 Å². The highest BCUT2D eigenvalue weighted by Gasteiger charge is 2.25. The van der Waals surface area contributed by atoms with Crippen LogP contribution in [0.1, 0.15) is 38.5 Å². The van der Waals surface area contributed by atoms with E-state index in [1.807, 2.05) is 0 Å². The number of amides is 2. The molecule has 0 spiro atoms. The Hall–Kier alpha value is -1.07. The monoisotopic (exact) mass is 282 g/mol. The summed E-state index contributed by atoms with van der Waals surface area (Å²) in [6.45, 7) is 2.31. The van der Waals surface area contributed by atoms with Gasteiger partial charge in [0.2, 0.25) is 0 Å². The van der Waals surface area contributed by atoms with Gasteiger partial charge in [-0.25, -0.2) is 4.79 Å². The normalized spacial score (nSPS) is 26.8. The van der Waals surface area contributed by atoms with E-state index >= 15 is 0 Å². The van der Waals surface area contributed by atoms with Gasteiger partial charge in [0.05, 0.1) is 13.2 Å². The Morgan fingerprint density at radius 3 is 3.00 bits per heavy atom. The van der Waals surface area contributed by atoms with Crippen LogP contribution in [-0.2, 0) is 4.74 Å². The lowest BCUT2D eigenvalue weighted by molar-refractivity contribution is 0.152. The third kappa shape index (κ3) is 4.80. The molecule has 0 aromatic carbocycles. The number of nitrogens with one attached hydrogen (secondary N) is 2. The van der Waals surface area contributed by atoms with Crippen LogP contribution in [0.4, 0.5) is 4.79 Å². The summed E-state index contributed by atoms with van der Waals surface area (Å²) in [6, 6.07) is 0.0130. The van der Waals surface area contributed by atoms with E-state index in [0.717, 1.165) is 45.1 Å². The Kier molecular flexibility index (Phi) is 6.33. The van der Waals surface area contributed by atoms with Crippen molar-refractivity contribution in [3.63, 3.8) is 0 Å². The number of carbonyl (C=O) groups excluding carboxylic acids is 1. The van der Waals surface area contributed by atoms with Gasteiger partial charge in [0.1, 0.15) is 0 Å². The summed E-state index contributed by atoms with van der Waals surface area (Å²) >= 11 is 0. The summed E-state index contributed by atoms with van der Waals surface area (Å²) in [5.41, 5.74) is 1.36. The molecular weight excluding hydrogens is 256 g/mol. The van der Waals surface area contributed by atoms with Gasteiger partial charge in [-0.2, -0.15) is 0 Å². The van der Waals surface area contributed by atoms with Gasteiger partial charge in [-0.15, -0.1) is 0 Å². The zero-order valence-electron chi connectivity index (χ0n) is 12.1. The molecule has 2 aliphatic rings. The number of carbonyl (C=O) groups is 1. The van der Waals surface area contributed by atoms with E-state index in [-0.39, 0.29) is 24.6 Å². The van der Waals surface area contributed by atoms with Crippen LogP contribution in [-0.4, -0.2) is 43.5 Å². The second kappa shape index (κ2) is 8.27. The lowest BCUT2D eigenvalue weighted by Gasteiger charge is -2.30. The highest BCUT2D eigenvalue weighted by Crippen LogP contribution is 2.23. The Morgan fingerprint density at radius 1 is 1.40 bits per heavy atom. The van der Waals surface area contributed by atoms with Crippen molar-refractivity contribution in [3.05, 3.63) is 11.6 Å². The molecular formula is C15H26N2O3. The lowest BCUT2D eigenvalue weighted by Crippen LogP contribution is -2.47. The fourth-order valence-corrected chi connectivity index (χ4v) is 2.96. The molecule has 1 saturated carbocycles. The molecule has 0 aromatic rings. The van der Waals surface area contributed by atoms with Gasteiger partial charge in [-0.05, 0) is 25.7 Å². The third-order valence-corrected chi connectivity index (χ3v) is 4.25. The molecule has 0 saturated heterocycles. The number of aliphatic hydroxyl groups is 1. The predicted octanol–water partition coefficient (Wildman–Crippen LogP) is 1.57. The first-order valence-corrected chi connectivity index (χ1v) is 7.70. The van der Waals surface area contributed by atoms with Crippen LogP contribution in [0, 0.1) is 5.92 Å². The van der Waals surface area contributed by atoms with Gasteiger partial charge in [-0.3, -0.25) is 0 Å². The van der Waals surface area contributed by atoms with Crippen molar-refractivity contribution in [1.82, 2.24) is 10.6 Å². The van der Waals surface area contributed by atoms with Crippen LogP contribution in [0.2, 0.25) is 0 Å². The third-order valence-electron chi connectivity index (χ3n) is 4.25. The summed E-state index contributed by atoms with van der Waals surface area (Å²) in [6.07, 6.45) is 8.24. The molecule has 20 heavy (non-hydrogen) atoms. The van der Waals surface area contributed by atoms with Crippen LogP contribution in [0.25, 0.3) is 0 Å². The van der Waals surface area contributed by atoms with E-state index in [1.54, 1.807) is 0 Å². The standard InChI is InChI=1S/C15H26N2O3/c18-11-13-3-1-2-4-14(13)17-15(19)16-8-5-12-6-9-20-10-7-12/h6,13-14,18H,1-5,7-11H2,(H2,16,17,19). The summed E-state index contributed by atoms with van der Waals surface area (Å²) < 4.78 is 5.25. The molecule has 2 amide bonds. The maximum absolute atomic E-state index is 11.9. The molecule has 2 atom stereocenters. The number of urea groups is 1. The van der Waals surface area contributed by atoms with Gasteiger partial charge in [0.25, 0.3) is 0 Å². The van der Waals surface area contributed by atoms with Crippen LogP contribution < -0.4 is 10.6 Å². The molecule has 1 heterocycles. The summed E-state index contributed by atoms with van der Waals surface area (Å²) in [4.78, 5) is 11.9. The number of rotatable bonds is 5. The fourth-order valence-electron chi connectivity index (χ4n) is 2.96. The van der Waals surface area contributed by atoms with Crippen LogP contribution in [0.5, 0.6) is 0 Å². The van der Waals surface area contributed by atoms with Gasteiger partial charge in [0, 0.05) is 25.1 Å². The van der Waals surface area contributed by atoms with Crippen LogP contribution >= 0.6 is 0 Å². The zero-order chi connectivity index (χ0) is 14.2. The van der Waals surface area contributed by atoms with Crippen molar-refractivity contribution in [1.29, 1.82) is 0 Å². The molecule has 3 N–H and O–H groups in total. The van der Waals surface area contributed by atoms with E-state index in [9.17, 15) is 9.90 Å². The summed E-state index contributed by atoms with van der Waals surface area (Å²) in [5, 5.41) is 15.2. The molecule has 0 radical (unpaired) electrons. The van der Waals surface area contributed by atoms with Crippen molar-refractivity contribution in [2.45, 2.75) is 44.6 Å². The number of aliphatic hydroxyl groups excluding tert-OH is 1.